The van der Waals surface area contributed by atoms with Crippen LogP contribution in [0.15, 0.2) is 24.3 Å². The lowest BCUT2D eigenvalue weighted by Gasteiger charge is -2.02. The highest BCUT2D eigenvalue weighted by molar-refractivity contribution is 7.92. The van der Waals surface area contributed by atoms with Crippen LogP contribution < -0.4 is 4.72 Å². The summed E-state index contributed by atoms with van der Waals surface area (Å²) in [6.45, 7) is 5.41. The SMILES string of the molecule is [CH]c1ccc(NS(C)(=O)=O)cc1. The number of rotatable bonds is 2. The van der Waals surface area contributed by atoms with Crippen LogP contribution in [0.25, 0.3) is 0 Å². The molecule has 64 valence electrons. The average Bonchev–Trinajstić information content (AvgIpc) is 1.91. The Morgan fingerprint density at radius 1 is 1.25 bits per heavy atom. The molecule has 0 bridgehead atoms. The standard InChI is InChI=1S/C8H9NO2S/c1-7-3-5-8(6-4-7)9-12(2,10)11/h1,3-6,9H,2H3. The van der Waals surface area contributed by atoms with Gasteiger partial charge in [-0.05, 0) is 24.6 Å². The second kappa shape index (κ2) is 3.15. The summed E-state index contributed by atoms with van der Waals surface area (Å²) in [5.41, 5.74) is 1.13. The van der Waals surface area contributed by atoms with Crippen molar-refractivity contribution in [2.45, 2.75) is 0 Å². The fraction of sp³-hybridized carbons (Fsp3) is 0.125. The van der Waals surface area contributed by atoms with E-state index < -0.39 is 10.0 Å². The van der Waals surface area contributed by atoms with Gasteiger partial charge in [0.05, 0.1) is 6.26 Å². The van der Waals surface area contributed by atoms with Gasteiger partial charge in [0.15, 0.2) is 0 Å². The zero-order chi connectivity index (χ0) is 9.19. The molecule has 0 amide bonds. The summed E-state index contributed by atoms with van der Waals surface area (Å²) in [5.74, 6) is 0. The van der Waals surface area contributed by atoms with Gasteiger partial charge in [-0.25, -0.2) is 8.42 Å². The highest BCUT2D eigenvalue weighted by Gasteiger charge is 1.99. The van der Waals surface area contributed by atoms with Crippen LogP contribution in [-0.4, -0.2) is 14.7 Å². The lowest BCUT2D eigenvalue weighted by molar-refractivity contribution is 0.607. The Morgan fingerprint density at radius 2 is 1.75 bits per heavy atom. The topological polar surface area (TPSA) is 46.2 Å². The monoisotopic (exact) mass is 183 g/mol. The van der Waals surface area contributed by atoms with E-state index in [1.165, 1.54) is 0 Å². The van der Waals surface area contributed by atoms with Crippen LogP contribution in [0.5, 0.6) is 0 Å². The van der Waals surface area contributed by atoms with Crippen molar-refractivity contribution >= 4 is 15.7 Å². The molecule has 2 radical (unpaired) electrons. The molecular weight excluding hydrogens is 174 g/mol. The molecule has 0 atom stereocenters. The van der Waals surface area contributed by atoms with Gasteiger partial charge in [0.1, 0.15) is 0 Å². The third-order valence-corrected chi connectivity index (χ3v) is 1.82. The second-order valence-electron chi connectivity index (χ2n) is 2.50. The van der Waals surface area contributed by atoms with E-state index in [1.54, 1.807) is 24.3 Å². The molecule has 0 aliphatic rings. The Morgan fingerprint density at radius 3 is 2.17 bits per heavy atom. The van der Waals surface area contributed by atoms with E-state index in [0.29, 0.717) is 11.3 Å². The van der Waals surface area contributed by atoms with Crippen LogP contribution in [0.1, 0.15) is 5.56 Å². The zero-order valence-electron chi connectivity index (χ0n) is 6.61. The Balaban J connectivity index is 2.85. The Kier molecular flexibility index (Phi) is 2.38. The Bertz CT molecular complexity index is 353. The second-order valence-corrected chi connectivity index (χ2v) is 4.24. The first kappa shape index (κ1) is 9.06. The summed E-state index contributed by atoms with van der Waals surface area (Å²) < 4.78 is 23.8. The van der Waals surface area contributed by atoms with Gasteiger partial charge in [-0.15, -0.1) is 0 Å². The number of benzene rings is 1. The quantitative estimate of drug-likeness (QED) is 0.746. The van der Waals surface area contributed by atoms with Crippen LogP contribution in [-0.2, 0) is 10.0 Å². The third-order valence-electron chi connectivity index (χ3n) is 1.21. The van der Waals surface area contributed by atoms with E-state index >= 15 is 0 Å². The molecule has 0 aliphatic heterocycles. The van der Waals surface area contributed by atoms with Crippen LogP contribution >= 0.6 is 0 Å². The smallest absolute Gasteiger partial charge is 0.229 e. The van der Waals surface area contributed by atoms with Gasteiger partial charge in [-0.3, -0.25) is 4.72 Å². The fourth-order valence-corrected chi connectivity index (χ4v) is 1.33. The molecule has 1 rings (SSSR count). The maximum Gasteiger partial charge on any atom is 0.229 e. The molecule has 0 aromatic heterocycles. The Hall–Kier alpha value is -1.03. The summed E-state index contributed by atoms with van der Waals surface area (Å²) in [6.07, 6.45) is 1.10. The molecule has 0 saturated carbocycles. The fourth-order valence-electron chi connectivity index (χ4n) is 0.765. The molecule has 0 aliphatic carbocycles. The van der Waals surface area contributed by atoms with Crippen molar-refractivity contribution in [1.29, 1.82) is 0 Å². The number of hydrogen-bond acceptors (Lipinski definition) is 2. The van der Waals surface area contributed by atoms with E-state index in [4.69, 9.17) is 6.92 Å². The normalized spacial score (nSPS) is 11.2. The number of hydrogen-bond donors (Lipinski definition) is 1. The molecule has 0 heterocycles. The zero-order valence-corrected chi connectivity index (χ0v) is 7.43. The van der Waals surface area contributed by atoms with Crippen LogP contribution in [0, 0.1) is 6.92 Å². The first-order valence-corrected chi connectivity index (χ1v) is 5.20. The molecule has 0 fully saturated rings. The van der Waals surface area contributed by atoms with Gasteiger partial charge in [-0.1, -0.05) is 12.1 Å². The van der Waals surface area contributed by atoms with E-state index in [1.807, 2.05) is 0 Å². The van der Waals surface area contributed by atoms with Crippen LogP contribution in [0.4, 0.5) is 5.69 Å². The molecule has 12 heavy (non-hydrogen) atoms. The Labute approximate surface area is 72.5 Å². The maximum atomic E-state index is 10.7. The number of anilines is 1. The van der Waals surface area contributed by atoms with Crippen molar-refractivity contribution < 1.29 is 8.42 Å². The van der Waals surface area contributed by atoms with E-state index in [2.05, 4.69) is 4.72 Å². The highest BCUT2D eigenvalue weighted by atomic mass is 32.2. The average molecular weight is 183 g/mol. The highest BCUT2D eigenvalue weighted by Crippen LogP contribution is 2.09. The number of sulfonamides is 1. The van der Waals surface area contributed by atoms with E-state index in [0.717, 1.165) is 6.26 Å². The van der Waals surface area contributed by atoms with Crippen molar-refractivity contribution in [3.8, 4) is 0 Å². The van der Waals surface area contributed by atoms with Crippen LogP contribution in [0.3, 0.4) is 0 Å². The first-order valence-electron chi connectivity index (χ1n) is 3.31. The van der Waals surface area contributed by atoms with Gasteiger partial charge >= 0.3 is 0 Å². The molecule has 0 saturated heterocycles. The molecular formula is C8H9NO2S. The van der Waals surface area contributed by atoms with Crippen molar-refractivity contribution in [3.05, 3.63) is 36.8 Å². The van der Waals surface area contributed by atoms with Crippen molar-refractivity contribution in [1.82, 2.24) is 0 Å². The summed E-state index contributed by atoms with van der Waals surface area (Å²) in [6, 6.07) is 6.48. The minimum Gasteiger partial charge on any atom is -0.284 e. The van der Waals surface area contributed by atoms with Gasteiger partial charge in [0.2, 0.25) is 10.0 Å². The van der Waals surface area contributed by atoms with Crippen molar-refractivity contribution in [3.63, 3.8) is 0 Å². The van der Waals surface area contributed by atoms with Crippen molar-refractivity contribution in [2.24, 2.45) is 0 Å². The lowest BCUT2D eigenvalue weighted by atomic mass is 10.2. The molecule has 0 spiro atoms. The van der Waals surface area contributed by atoms with Crippen LogP contribution in [0.2, 0.25) is 0 Å². The minimum absolute atomic E-state index is 0.520. The molecule has 1 aromatic carbocycles. The van der Waals surface area contributed by atoms with Gasteiger partial charge in [-0.2, -0.15) is 0 Å². The summed E-state index contributed by atoms with van der Waals surface area (Å²) in [5, 5.41) is 0. The molecule has 4 heteroatoms. The predicted octanol–water partition coefficient (Wildman–Crippen LogP) is 1.12. The molecule has 1 aromatic rings. The van der Waals surface area contributed by atoms with Crippen molar-refractivity contribution in [2.75, 3.05) is 11.0 Å². The lowest BCUT2D eigenvalue weighted by Crippen LogP contribution is -2.09. The summed E-state index contributed by atoms with van der Waals surface area (Å²) >= 11 is 0. The van der Waals surface area contributed by atoms with E-state index in [9.17, 15) is 8.42 Å². The van der Waals surface area contributed by atoms with E-state index in [-0.39, 0.29) is 0 Å². The molecule has 0 unspecified atom stereocenters. The predicted molar refractivity (Wildman–Crippen MR) is 48.3 cm³/mol. The molecule has 1 N–H and O–H groups in total. The summed E-state index contributed by atoms with van der Waals surface area (Å²) in [4.78, 5) is 0. The first-order chi connectivity index (χ1) is 5.47. The van der Waals surface area contributed by atoms with Gasteiger partial charge in [0.25, 0.3) is 0 Å². The molecule has 3 nitrogen and oxygen atoms in total. The van der Waals surface area contributed by atoms with Gasteiger partial charge in [0, 0.05) is 5.69 Å². The largest absolute Gasteiger partial charge is 0.284 e. The maximum absolute atomic E-state index is 10.7. The summed E-state index contributed by atoms with van der Waals surface area (Å²) in [7, 11) is -3.18. The number of nitrogens with one attached hydrogen (secondary N) is 1. The van der Waals surface area contributed by atoms with Gasteiger partial charge < -0.3 is 0 Å². The minimum atomic E-state index is -3.18. The third kappa shape index (κ3) is 2.92.